The van der Waals surface area contributed by atoms with E-state index in [0.29, 0.717) is 5.25 Å². The lowest BCUT2D eigenvalue weighted by atomic mass is 9.88. The molecule has 0 aromatic rings. The van der Waals surface area contributed by atoms with Crippen LogP contribution in [0, 0.1) is 0 Å². The highest BCUT2D eigenvalue weighted by molar-refractivity contribution is 8.02. The number of rotatable bonds is 3. The van der Waals surface area contributed by atoms with Gasteiger partial charge in [0.05, 0.1) is 5.60 Å². The molecule has 0 saturated carbocycles. The van der Waals surface area contributed by atoms with Crippen LogP contribution in [0.2, 0.25) is 0 Å². The molecule has 2 rings (SSSR count). The third-order valence-corrected chi connectivity index (χ3v) is 6.31. The molecule has 2 fully saturated rings. The Morgan fingerprint density at radius 2 is 2.11 bits per heavy atom. The van der Waals surface area contributed by atoms with Crippen LogP contribution in [0.4, 0.5) is 0 Å². The number of aliphatic carboxylic acids is 1. The molecule has 1 spiro atoms. The molecule has 3 nitrogen and oxygen atoms in total. The van der Waals surface area contributed by atoms with Crippen LogP contribution in [0.3, 0.4) is 0 Å². The molecular weight excluding hydrogens is 268 g/mol. The Morgan fingerprint density at radius 1 is 1.44 bits per heavy atom. The Hall–Kier alpha value is 0.130. The van der Waals surface area contributed by atoms with Crippen molar-refractivity contribution >= 4 is 29.5 Å². The van der Waals surface area contributed by atoms with E-state index in [1.54, 1.807) is 25.6 Å². The molecule has 0 radical (unpaired) electrons. The van der Waals surface area contributed by atoms with E-state index in [2.05, 4.69) is 0 Å². The Labute approximate surface area is 117 Å². The molecule has 1 atom stereocenters. The maximum absolute atomic E-state index is 11.2. The summed E-state index contributed by atoms with van der Waals surface area (Å²) in [4.78, 5) is 11.2. The number of hydrogen-bond acceptors (Lipinski definition) is 4. The predicted octanol–water partition coefficient (Wildman–Crippen LogP) is 3.03. The summed E-state index contributed by atoms with van der Waals surface area (Å²) in [6.45, 7) is 4.40. The third-order valence-electron chi connectivity index (χ3n) is 3.83. The van der Waals surface area contributed by atoms with Gasteiger partial charge in [-0.1, -0.05) is 0 Å². The SMILES string of the molecule is CC(C)(SC1CCOC2(CCSCC2)C1)C(=O)O. The van der Waals surface area contributed by atoms with E-state index in [1.165, 1.54) is 11.5 Å². The van der Waals surface area contributed by atoms with E-state index in [4.69, 9.17) is 4.74 Å². The van der Waals surface area contributed by atoms with Crippen molar-refractivity contribution in [3.8, 4) is 0 Å². The highest BCUT2D eigenvalue weighted by Gasteiger charge is 2.41. The summed E-state index contributed by atoms with van der Waals surface area (Å²) in [6.07, 6.45) is 4.26. The van der Waals surface area contributed by atoms with Crippen molar-refractivity contribution < 1.29 is 14.6 Å². The number of carbonyl (C=O) groups is 1. The fourth-order valence-corrected chi connectivity index (χ4v) is 5.41. The lowest BCUT2D eigenvalue weighted by Crippen LogP contribution is -2.45. The molecule has 2 aliphatic heterocycles. The quantitative estimate of drug-likeness (QED) is 0.865. The molecule has 0 aromatic carbocycles. The first-order valence-electron chi connectivity index (χ1n) is 6.56. The monoisotopic (exact) mass is 290 g/mol. The fourth-order valence-electron chi connectivity index (χ4n) is 2.64. The van der Waals surface area contributed by atoms with Crippen LogP contribution in [-0.4, -0.2) is 44.8 Å². The third kappa shape index (κ3) is 3.36. The summed E-state index contributed by atoms with van der Waals surface area (Å²) in [7, 11) is 0. The lowest BCUT2D eigenvalue weighted by molar-refractivity contribution is -0.139. The Balaban J connectivity index is 1.96. The van der Waals surface area contributed by atoms with E-state index >= 15 is 0 Å². The number of carboxylic acid groups (broad SMARTS) is 1. The van der Waals surface area contributed by atoms with Crippen LogP contribution in [0.25, 0.3) is 0 Å². The second-order valence-corrected chi connectivity index (χ2v) is 8.84. The zero-order chi connectivity index (χ0) is 13.2. The average Bonchev–Trinajstić information content (AvgIpc) is 2.29. The minimum atomic E-state index is -0.716. The topological polar surface area (TPSA) is 46.5 Å². The first kappa shape index (κ1) is 14.5. The second kappa shape index (κ2) is 5.63. The van der Waals surface area contributed by atoms with Crippen LogP contribution in [0.15, 0.2) is 0 Å². The second-order valence-electron chi connectivity index (χ2n) is 5.69. The summed E-state index contributed by atoms with van der Waals surface area (Å²) in [5.74, 6) is 1.65. The maximum Gasteiger partial charge on any atom is 0.319 e. The van der Waals surface area contributed by atoms with E-state index < -0.39 is 10.7 Å². The van der Waals surface area contributed by atoms with Crippen molar-refractivity contribution in [2.24, 2.45) is 0 Å². The first-order chi connectivity index (χ1) is 8.44. The molecule has 104 valence electrons. The lowest BCUT2D eigenvalue weighted by Gasteiger charge is -2.44. The van der Waals surface area contributed by atoms with Crippen molar-refractivity contribution in [3.63, 3.8) is 0 Å². The summed E-state index contributed by atoms with van der Waals surface area (Å²) in [6, 6.07) is 0. The molecule has 0 bridgehead atoms. The molecule has 2 saturated heterocycles. The normalized spacial score (nSPS) is 28.2. The number of ether oxygens (including phenoxy) is 1. The van der Waals surface area contributed by atoms with E-state index in [0.717, 1.165) is 32.3 Å². The van der Waals surface area contributed by atoms with Crippen molar-refractivity contribution in [1.82, 2.24) is 0 Å². The Bertz CT molecular complexity index is 306. The zero-order valence-corrected chi connectivity index (χ0v) is 12.7. The molecule has 5 heteroatoms. The van der Waals surface area contributed by atoms with E-state index in [1.807, 2.05) is 11.8 Å². The highest BCUT2D eigenvalue weighted by atomic mass is 32.2. The van der Waals surface area contributed by atoms with Crippen LogP contribution >= 0.6 is 23.5 Å². The Morgan fingerprint density at radius 3 is 2.72 bits per heavy atom. The van der Waals surface area contributed by atoms with Gasteiger partial charge in [0.1, 0.15) is 4.75 Å². The van der Waals surface area contributed by atoms with Gasteiger partial charge in [-0.3, -0.25) is 4.79 Å². The molecule has 2 heterocycles. The summed E-state index contributed by atoms with van der Waals surface area (Å²) in [5, 5.41) is 9.64. The van der Waals surface area contributed by atoms with Gasteiger partial charge in [-0.25, -0.2) is 0 Å². The predicted molar refractivity (Wildman–Crippen MR) is 77.6 cm³/mol. The van der Waals surface area contributed by atoms with Gasteiger partial charge in [-0.05, 0) is 51.0 Å². The van der Waals surface area contributed by atoms with Gasteiger partial charge in [0, 0.05) is 11.9 Å². The molecule has 2 aliphatic rings. The minimum Gasteiger partial charge on any atom is -0.480 e. The van der Waals surface area contributed by atoms with Crippen LogP contribution in [-0.2, 0) is 9.53 Å². The number of carboxylic acids is 1. The Kier molecular flexibility index (Phi) is 4.55. The van der Waals surface area contributed by atoms with Gasteiger partial charge in [0.15, 0.2) is 0 Å². The van der Waals surface area contributed by atoms with Gasteiger partial charge >= 0.3 is 5.97 Å². The van der Waals surface area contributed by atoms with E-state index in [-0.39, 0.29) is 5.60 Å². The standard InChI is InChI=1S/C13H22O3S2/c1-12(2,11(14)15)18-10-3-6-16-13(9-10)4-7-17-8-5-13/h10H,3-9H2,1-2H3,(H,14,15). The van der Waals surface area contributed by atoms with Gasteiger partial charge in [0.25, 0.3) is 0 Å². The fraction of sp³-hybridized carbons (Fsp3) is 0.923. The van der Waals surface area contributed by atoms with Gasteiger partial charge in [-0.2, -0.15) is 11.8 Å². The first-order valence-corrected chi connectivity index (χ1v) is 8.60. The molecule has 1 N–H and O–H groups in total. The highest BCUT2D eigenvalue weighted by Crippen LogP contribution is 2.43. The van der Waals surface area contributed by atoms with Gasteiger partial charge in [0.2, 0.25) is 0 Å². The maximum atomic E-state index is 11.2. The van der Waals surface area contributed by atoms with Gasteiger partial charge < -0.3 is 9.84 Å². The summed E-state index contributed by atoms with van der Waals surface area (Å²) < 4.78 is 5.35. The van der Waals surface area contributed by atoms with Crippen LogP contribution in [0.1, 0.15) is 39.5 Å². The summed E-state index contributed by atoms with van der Waals surface area (Å²) in [5.41, 5.74) is 0.0513. The minimum absolute atomic E-state index is 0.0513. The molecule has 0 amide bonds. The van der Waals surface area contributed by atoms with Crippen molar-refractivity contribution in [2.75, 3.05) is 18.1 Å². The largest absolute Gasteiger partial charge is 0.480 e. The van der Waals surface area contributed by atoms with E-state index in [9.17, 15) is 9.90 Å². The van der Waals surface area contributed by atoms with Gasteiger partial charge in [-0.15, -0.1) is 11.8 Å². The average molecular weight is 290 g/mol. The molecule has 0 aromatic heterocycles. The number of thioether (sulfide) groups is 2. The molecule has 18 heavy (non-hydrogen) atoms. The van der Waals surface area contributed by atoms with Crippen molar-refractivity contribution in [1.29, 1.82) is 0 Å². The number of hydrogen-bond donors (Lipinski definition) is 1. The zero-order valence-electron chi connectivity index (χ0n) is 11.1. The summed E-state index contributed by atoms with van der Waals surface area (Å²) >= 11 is 3.61. The van der Waals surface area contributed by atoms with Crippen LogP contribution in [0.5, 0.6) is 0 Å². The molecular formula is C13H22O3S2. The van der Waals surface area contributed by atoms with Crippen molar-refractivity contribution in [3.05, 3.63) is 0 Å². The van der Waals surface area contributed by atoms with Crippen LogP contribution < -0.4 is 0 Å². The molecule has 1 unspecified atom stereocenters. The van der Waals surface area contributed by atoms with Crippen molar-refractivity contribution in [2.45, 2.75) is 55.1 Å². The molecule has 0 aliphatic carbocycles. The smallest absolute Gasteiger partial charge is 0.319 e.